The average molecular weight is 381 g/mol. The van der Waals surface area contributed by atoms with E-state index in [0.717, 1.165) is 9.70 Å². The van der Waals surface area contributed by atoms with Crippen LogP contribution in [0.5, 0.6) is 0 Å². The maximum Gasteiger partial charge on any atom is 0.275 e. The molecule has 56 valence electrons. The summed E-state index contributed by atoms with van der Waals surface area (Å²) in [5.41, 5.74) is 0. The molecule has 0 aromatic carbocycles. The quantitative estimate of drug-likeness (QED) is 0.255. The van der Waals surface area contributed by atoms with Gasteiger partial charge in [-0.3, -0.25) is 0 Å². The van der Waals surface area contributed by atoms with Crippen molar-refractivity contribution >= 4 is 34.2 Å². The molecule has 0 saturated heterocycles. The zero-order chi connectivity index (χ0) is 6.69. The first-order valence-electron chi connectivity index (χ1n) is 2.54. The summed E-state index contributed by atoms with van der Waals surface area (Å²) in [6.45, 7) is 0. The molecule has 0 saturated carbocycles. The van der Waals surface area contributed by atoms with Crippen molar-refractivity contribution in [2.24, 2.45) is 0 Å². The average Bonchev–Trinajstić information content (AvgIpc) is 1.89. The molecule has 4 heteroatoms. The van der Waals surface area contributed by atoms with E-state index >= 15 is 0 Å². The van der Waals surface area contributed by atoms with Crippen LogP contribution in [0.2, 0.25) is 5.15 Å². The van der Waals surface area contributed by atoms with Gasteiger partial charge in [0, 0.05) is 12.1 Å². The molecule has 0 aliphatic rings. The number of aromatic nitrogens is 1. The van der Waals surface area contributed by atoms with E-state index in [4.69, 9.17) is 11.6 Å². The van der Waals surface area contributed by atoms with Crippen molar-refractivity contribution in [1.82, 2.24) is 0 Å². The van der Waals surface area contributed by atoms with Crippen molar-refractivity contribution in [3.05, 3.63) is 29.5 Å². The minimum absolute atomic E-state index is 0. The van der Waals surface area contributed by atoms with Crippen LogP contribution < -0.4 is 28.5 Å². The van der Waals surface area contributed by atoms with Gasteiger partial charge in [0.25, 0.3) is 5.15 Å². The molecule has 0 N–H and O–H groups in total. The van der Waals surface area contributed by atoms with Crippen molar-refractivity contribution in [2.75, 3.05) is 0 Å². The summed E-state index contributed by atoms with van der Waals surface area (Å²) in [6, 6.07) is 5.76. The lowest BCUT2D eigenvalue weighted by Gasteiger charge is -1.89. The molecular weight excluding hydrogens is 375 g/mol. The van der Waals surface area contributed by atoms with E-state index in [1.807, 2.05) is 29.0 Å². The monoisotopic (exact) mass is 381 g/mol. The van der Waals surface area contributed by atoms with Gasteiger partial charge in [-0.25, -0.2) is 0 Å². The Morgan fingerprint density at radius 3 is 2.60 bits per heavy atom. The number of pyridine rings is 1. The standard InChI is InChI=1S/C6H6ClIN.HI/c7-6-3-1-2-4-9(6)5-8;/h1-4H,5H2;1H/q+1;/p-1. The normalized spacial score (nSPS) is 8.60. The Balaban J connectivity index is 0.000000810. The molecule has 0 radical (unpaired) electrons. The molecule has 0 atom stereocenters. The first-order chi connectivity index (χ1) is 4.34. The van der Waals surface area contributed by atoms with Gasteiger partial charge in [0.15, 0.2) is 10.7 Å². The number of hydrogen-bond donors (Lipinski definition) is 0. The SMILES string of the molecule is Clc1cccc[n+]1CI.[I-]. The summed E-state index contributed by atoms with van der Waals surface area (Å²) >= 11 is 8.04. The van der Waals surface area contributed by atoms with Gasteiger partial charge in [-0.2, -0.15) is 4.57 Å². The van der Waals surface area contributed by atoms with Gasteiger partial charge in [0.2, 0.25) is 0 Å². The van der Waals surface area contributed by atoms with E-state index in [0.29, 0.717) is 0 Å². The van der Waals surface area contributed by atoms with Crippen LogP contribution in [0, 0.1) is 0 Å². The second kappa shape index (κ2) is 5.54. The molecule has 0 amide bonds. The smallest absolute Gasteiger partial charge is 0.275 e. The van der Waals surface area contributed by atoms with Crippen molar-refractivity contribution in [3.8, 4) is 0 Å². The van der Waals surface area contributed by atoms with Crippen molar-refractivity contribution < 1.29 is 28.5 Å². The van der Waals surface area contributed by atoms with Crippen LogP contribution in [0.4, 0.5) is 0 Å². The van der Waals surface area contributed by atoms with Crippen molar-refractivity contribution in [2.45, 2.75) is 4.55 Å². The Morgan fingerprint density at radius 1 is 1.50 bits per heavy atom. The molecular formula is C6H6ClI2N. The Kier molecular flexibility index (Phi) is 6.04. The second-order valence-electron chi connectivity index (χ2n) is 1.61. The Hall–Kier alpha value is 0.900. The third-order valence-corrected chi connectivity index (χ3v) is 2.09. The van der Waals surface area contributed by atoms with Crippen LogP contribution >= 0.6 is 34.2 Å². The summed E-state index contributed by atoms with van der Waals surface area (Å²) in [5.74, 6) is 0. The highest BCUT2D eigenvalue weighted by Gasteiger charge is 2.00. The summed E-state index contributed by atoms with van der Waals surface area (Å²) in [4.78, 5) is 0. The number of hydrogen-bond acceptors (Lipinski definition) is 0. The minimum atomic E-state index is 0. The highest BCUT2D eigenvalue weighted by atomic mass is 127. The number of halogens is 3. The highest BCUT2D eigenvalue weighted by Crippen LogP contribution is 1.99. The van der Waals surface area contributed by atoms with E-state index in [1.54, 1.807) is 0 Å². The van der Waals surface area contributed by atoms with Crippen LogP contribution in [-0.4, -0.2) is 0 Å². The van der Waals surface area contributed by atoms with Crippen LogP contribution in [-0.2, 0) is 4.55 Å². The van der Waals surface area contributed by atoms with Gasteiger partial charge >= 0.3 is 0 Å². The van der Waals surface area contributed by atoms with Gasteiger partial charge in [-0.05, 0) is 40.3 Å². The number of alkyl halides is 1. The summed E-state index contributed by atoms with van der Waals surface area (Å²) in [7, 11) is 0. The zero-order valence-electron chi connectivity index (χ0n) is 5.10. The Morgan fingerprint density at radius 2 is 2.20 bits per heavy atom. The van der Waals surface area contributed by atoms with Gasteiger partial charge in [0.1, 0.15) is 0 Å². The lowest BCUT2D eigenvalue weighted by atomic mass is 10.5. The molecule has 1 rings (SSSR count). The maximum atomic E-state index is 5.78. The zero-order valence-corrected chi connectivity index (χ0v) is 10.2. The van der Waals surface area contributed by atoms with E-state index < -0.39 is 0 Å². The first-order valence-corrected chi connectivity index (χ1v) is 4.45. The molecule has 1 aromatic rings. The van der Waals surface area contributed by atoms with Gasteiger partial charge in [0.05, 0.1) is 0 Å². The first kappa shape index (κ1) is 10.9. The molecule has 0 aliphatic carbocycles. The van der Waals surface area contributed by atoms with E-state index in [9.17, 15) is 0 Å². The van der Waals surface area contributed by atoms with Gasteiger partial charge in [-0.15, -0.1) is 0 Å². The number of rotatable bonds is 1. The van der Waals surface area contributed by atoms with Gasteiger partial charge in [-0.1, -0.05) is 0 Å². The molecule has 0 unspecified atom stereocenters. The van der Waals surface area contributed by atoms with Gasteiger partial charge < -0.3 is 24.0 Å². The Bertz CT molecular complexity index is 205. The fourth-order valence-corrected chi connectivity index (χ4v) is 1.54. The lowest BCUT2D eigenvalue weighted by molar-refractivity contribution is -0.668. The van der Waals surface area contributed by atoms with Crippen molar-refractivity contribution in [3.63, 3.8) is 0 Å². The highest BCUT2D eigenvalue weighted by molar-refractivity contribution is 14.1. The largest absolute Gasteiger partial charge is 1.00 e. The third kappa shape index (κ3) is 2.87. The van der Waals surface area contributed by atoms with Crippen LogP contribution in [0.15, 0.2) is 24.4 Å². The minimum Gasteiger partial charge on any atom is -1.00 e. The van der Waals surface area contributed by atoms with Crippen LogP contribution in [0.25, 0.3) is 0 Å². The number of nitrogens with zero attached hydrogens (tertiary/aromatic N) is 1. The Labute approximate surface area is 95.9 Å². The molecule has 1 nitrogen and oxygen atoms in total. The second-order valence-corrected chi connectivity index (χ2v) is 2.68. The summed E-state index contributed by atoms with van der Waals surface area (Å²) in [6.07, 6.45) is 1.95. The fraction of sp³-hybridized carbons (Fsp3) is 0.167. The summed E-state index contributed by atoms with van der Waals surface area (Å²) < 4.78 is 2.86. The third-order valence-electron chi connectivity index (χ3n) is 1.01. The molecule has 0 aliphatic heterocycles. The fourth-order valence-electron chi connectivity index (χ4n) is 0.552. The summed E-state index contributed by atoms with van der Waals surface area (Å²) in [5, 5.41) is 0.784. The molecule has 0 spiro atoms. The van der Waals surface area contributed by atoms with Crippen LogP contribution in [0.3, 0.4) is 0 Å². The molecule has 10 heavy (non-hydrogen) atoms. The van der Waals surface area contributed by atoms with E-state index in [-0.39, 0.29) is 24.0 Å². The van der Waals surface area contributed by atoms with Crippen LogP contribution in [0.1, 0.15) is 0 Å². The molecule has 0 fully saturated rings. The van der Waals surface area contributed by atoms with E-state index in [2.05, 4.69) is 22.6 Å². The molecule has 1 heterocycles. The lowest BCUT2D eigenvalue weighted by Crippen LogP contribution is -3.00. The van der Waals surface area contributed by atoms with E-state index in [1.165, 1.54) is 0 Å². The predicted octanol–water partition coefficient (Wildman–Crippen LogP) is -0.976. The molecule has 0 bridgehead atoms. The topological polar surface area (TPSA) is 3.88 Å². The molecule has 1 aromatic heterocycles. The maximum absolute atomic E-state index is 5.78. The van der Waals surface area contributed by atoms with Crippen molar-refractivity contribution in [1.29, 1.82) is 0 Å². The predicted molar refractivity (Wildman–Crippen MR) is 45.7 cm³/mol.